The van der Waals surface area contributed by atoms with Crippen molar-refractivity contribution in [1.82, 2.24) is 9.99 Å². The summed E-state index contributed by atoms with van der Waals surface area (Å²) in [5.41, 5.74) is -3.51. The van der Waals surface area contributed by atoms with Gasteiger partial charge in [-0.25, -0.2) is 0 Å². The van der Waals surface area contributed by atoms with E-state index < -0.39 is 24.2 Å². The molecule has 1 N–H and O–H groups in total. The van der Waals surface area contributed by atoms with Gasteiger partial charge in [0.15, 0.2) is 0 Å². The van der Waals surface area contributed by atoms with Crippen molar-refractivity contribution in [1.29, 1.82) is 0 Å². The van der Waals surface area contributed by atoms with Crippen LogP contribution >= 0.6 is 0 Å². The first-order valence-electron chi connectivity index (χ1n) is 5.34. The van der Waals surface area contributed by atoms with Crippen LogP contribution in [0.3, 0.4) is 0 Å². The predicted molar refractivity (Wildman–Crippen MR) is 59.1 cm³/mol. The number of carbonyl (C=O) groups excluding carboxylic acids is 1. The van der Waals surface area contributed by atoms with E-state index in [2.05, 4.69) is 10.1 Å². The summed E-state index contributed by atoms with van der Waals surface area (Å²) in [6.07, 6.45) is -4.50. The topological polar surface area (TPSA) is 65.8 Å². The number of hydrogen-bond acceptors (Lipinski definition) is 4. The van der Waals surface area contributed by atoms with Crippen molar-refractivity contribution >= 4 is 11.6 Å². The molecular weight excluding hydrogens is 263 g/mol. The Morgan fingerprint density at radius 1 is 1.47 bits per heavy atom. The molecule has 2 heterocycles. The molecule has 1 aliphatic rings. The first-order valence-corrected chi connectivity index (χ1v) is 5.34. The molecule has 8 heteroatoms. The largest absolute Gasteiger partial charge is 0.438 e. The van der Waals surface area contributed by atoms with Gasteiger partial charge in [0.2, 0.25) is 0 Å². The highest BCUT2D eigenvalue weighted by atomic mass is 19.4. The molecule has 0 unspecified atom stereocenters. The van der Waals surface area contributed by atoms with Crippen LogP contribution in [0.25, 0.3) is 0 Å². The minimum absolute atomic E-state index is 0.0177. The maximum atomic E-state index is 12.9. The minimum Gasteiger partial charge on any atom is -0.362 e. The third kappa shape index (κ3) is 2.19. The van der Waals surface area contributed by atoms with Gasteiger partial charge in [0.1, 0.15) is 5.69 Å². The Kier molecular flexibility index (Phi) is 3.05. The number of hydrazone groups is 1. The van der Waals surface area contributed by atoms with Gasteiger partial charge in [0.05, 0.1) is 0 Å². The fraction of sp³-hybridized carbons (Fsp3) is 0.364. The Labute approximate surface area is 106 Å². The lowest BCUT2D eigenvalue weighted by Crippen LogP contribution is -2.56. The van der Waals surface area contributed by atoms with Crippen molar-refractivity contribution in [3.63, 3.8) is 0 Å². The van der Waals surface area contributed by atoms with Crippen LogP contribution < -0.4 is 0 Å². The van der Waals surface area contributed by atoms with E-state index in [0.29, 0.717) is 0 Å². The second kappa shape index (κ2) is 4.30. The molecule has 0 aromatic carbocycles. The van der Waals surface area contributed by atoms with E-state index in [4.69, 9.17) is 0 Å². The maximum Gasteiger partial charge on any atom is 0.438 e. The SMILES string of the molecule is CC1=NN(C(=O)c2ccccn2)[C@](O)(C(F)(F)F)C1. The van der Waals surface area contributed by atoms with Crippen LogP contribution in [0.1, 0.15) is 23.8 Å². The Balaban J connectivity index is 2.40. The lowest BCUT2D eigenvalue weighted by molar-refractivity contribution is -0.297. The van der Waals surface area contributed by atoms with Gasteiger partial charge in [-0.2, -0.15) is 23.3 Å². The molecular formula is C11H10F3N3O2. The summed E-state index contributed by atoms with van der Waals surface area (Å²) in [7, 11) is 0. The van der Waals surface area contributed by atoms with E-state index in [9.17, 15) is 23.1 Å². The first-order chi connectivity index (χ1) is 8.75. The van der Waals surface area contributed by atoms with E-state index in [1.54, 1.807) is 0 Å². The van der Waals surface area contributed by atoms with Crippen LogP contribution in [0, 0.1) is 0 Å². The Hall–Kier alpha value is -1.96. The number of carbonyl (C=O) groups is 1. The zero-order valence-corrected chi connectivity index (χ0v) is 9.85. The second-order valence-electron chi connectivity index (χ2n) is 4.16. The predicted octanol–water partition coefficient (Wildman–Crippen LogP) is 1.55. The molecule has 0 saturated carbocycles. The highest BCUT2D eigenvalue weighted by molar-refractivity contribution is 5.96. The molecule has 0 fully saturated rings. The molecule has 1 aromatic rings. The maximum absolute atomic E-state index is 12.9. The molecule has 0 bridgehead atoms. The molecule has 0 spiro atoms. The van der Waals surface area contributed by atoms with Crippen molar-refractivity contribution in [3.05, 3.63) is 30.1 Å². The summed E-state index contributed by atoms with van der Waals surface area (Å²) in [4.78, 5) is 15.6. The van der Waals surface area contributed by atoms with E-state index in [1.165, 1.54) is 31.3 Å². The second-order valence-corrected chi connectivity index (χ2v) is 4.16. The monoisotopic (exact) mass is 273 g/mol. The molecule has 0 saturated heterocycles. The number of hydrogen-bond donors (Lipinski definition) is 1. The van der Waals surface area contributed by atoms with Gasteiger partial charge in [0.25, 0.3) is 11.6 Å². The summed E-state index contributed by atoms with van der Waals surface area (Å²) in [5, 5.41) is 13.2. The average molecular weight is 273 g/mol. The van der Waals surface area contributed by atoms with Crippen LogP contribution in [0.15, 0.2) is 29.5 Å². The number of rotatable bonds is 1. The van der Waals surface area contributed by atoms with Crippen molar-refractivity contribution in [2.45, 2.75) is 25.2 Å². The number of pyridine rings is 1. The molecule has 102 valence electrons. The fourth-order valence-corrected chi connectivity index (χ4v) is 1.75. The third-order valence-electron chi connectivity index (χ3n) is 2.65. The molecule has 2 rings (SSSR count). The van der Waals surface area contributed by atoms with Gasteiger partial charge in [-0.1, -0.05) is 6.07 Å². The molecule has 0 radical (unpaired) electrons. The van der Waals surface area contributed by atoms with Crippen molar-refractivity contribution in [2.75, 3.05) is 0 Å². The fourth-order valence-electron chi connectivity index (χ4n) is 1.75. The Morgan fingerprint density at radius 2 is 2.16 bits per heavy atom. The highest BCUT2D eigenvalue weighted by Gasteiger charge is 2.62. The molecule has 1 atom stereocenters. The lowest BCUT2D eigenvalue weighted by Gasteiger charge is -2.32. The van der Waals surface area contributed by atoms with E-state index in [-0.39, 0.29) is 16.4 Å². The summed E-state index contributed by atoms with van der Waals surface area (Å²) >= 11 is 0. The molecule has 19 heavy (non-hydrogen) atoms. The van der Waals surface area contributed by atoms with Crippen molar-refractivity contribution < 1.29 is 23.1 Å². The van der Waals surface area contributed by atoms with Gasteiger partial charge >= 0.3 is 6.18 Å². The normalized spacial score (nSPS) is 23.4. The van der Waals surface area contributed by atoms with Gasteiger partial charge in [-0.05, 0) is 19.1 Å². The van der Waals surface area contributed by atoms with E-state index in [1.807, 2.05) is 0 Å². The van der Waals surface area contributed by atoms with Crippen LogP contribution in [0.2, 0.25) is 0 Å². The molecule has 5 nitrogen and oxygen atoms in total. The van der Waals surface area contributed by atoms with Crippen molar-refractivity contribution in [2.24, 2.45) is 5.10 Å². The smallest absolute Gasteiger partial charge is 0.362 e. The third-order valence-corrected chi connectivity index (χ3v) is 2.65. The van der Waals surface area contributed by atoms with Gasteiger partial charge in [0, 0.05) is 18.3 Å². The van der Waals surface area contributed by atoms with Gasteiger partial charge in [-0.15, -0.1) is 0 Å². The highest BCUT2D eigenvalue weighted by Crippen LogP contribution is 2.40. The van der Waals surface area contributed by atoms with Gasteiger partial charge in [-0.3, -0.25) is 9.78 Å². The number of aromatic nitrogens is 1. The zero-order chi connectivity index (χ0) is 14.3. The number of halogens is 3. The van der Waals surface area contributed by atoms with Crippen LogP contribution in [-0.4, -0.2) is 38.6 Å². The Bertz CT molecular complexity index is 530. The average Bonchev–Trinajstić information content (AvgIpc) is 2.65. The molecule has 1 aliphatic heterocycles. The van der Waals surface area contributed by atoms with Crippen LogP contribution in [0.4, 0.5) is 13.2 Å². The summed E-state index contributed by atoms with van der Waals surface area (Å²) < 4.78 is 38.7. The number of alkyl halides is 3. The number of aliphatic hydroxyl groups is 1. The molecule has 0 aliphatic carbocycles. The molecule has 1 aromatic heterocycles. The van der Waals surface area contributed by atoms with Gasteiger partial charge < -0.3 is 5.11 Å². The van der Waals surface area contributed by atoms with E-state index in [0.717, 1.165) is 0 Å². The lowest BCUT2D eigenvalue weighted by atomic mass is 10.1. The first kappa shape index (κ1) is 13.5. The van der Waals surface area contributed by atoms with Crippen molar-refractivity contribution in [3.8, 4) is 0 Å². The van der Waals surface area contributed by atoms with Crippen LogP contribution in [-0.2, 0) is 0 Å². The Morgan fingerprint density at radius 3 is 2.68 bits per heavy atom. The van der Waals surface area contributed by atoms with E-state index >= 15 is 0 Å². The summed E-state index contributed by atoms with van der Waals surface area (Å²) in [5.74, 6) is -1.10. The summed E-state index contributed by atoms with van der Waals surface area (Å²) in [6, 6.07) is 4.23. The quantitative estimate of drug-likeness (QED) is 0.844. The number of nitrogens with zero attached hydrogens (tertiary/aromatic N) is 3. The summed E-state index contributed by atoms with van der Waals surface area (Å²) in [6.45, 7) is 1.31. The standard InChI is InChI=1S/C11H10F3N3O2/c1-7-6-10(19,11(12,13)14)17(16-7)9(18)8-4-2-3-5-15-8/h2-5,19H,6H2,1H3/t10-/m1/s1. The molecule has 1 amide bonds. The minimum atomic E-state index is -5.00. The number of amides is 1. The zero-order valence-electron chi connectivity index (χ0n) is 9.85. The van der Waals surface area contributed by atoms with Crippen LogP contribution in [0.5, 0.6) is 0 Å².